The van der Waals surface area contributed by atoms with Crippen molar-refractivity contribution in [2.45, 2.75) is 58.9 Å². The van der Waals surface area contributed by atoms with Crippen LogP contribution in [0.5, 0.6) is 0 Å². The highest BCUT2D eigenvalue weighted by Crippen LogP contribution is 2.65. The van der Waals surface area contributed by atoms with Crippen LogP contribution in [-0.4, -0.2) is 38.4 Å². The van der Waals surface area contributed by atoms with Crippen LogP contribution in [0.4, 0.5) is 0 Å². The Labute approximate surface area is 164 Å². The molecule has 1 saturated carbocycles. The first-order valence-electron chi connectivity index (χ1n) is 9.73. The third kappa shape index (κ3) is 3.05. The maximum Gasteiger partial charge on any atom is 0.272 e. The minimum Gasteiger partial charge on any atom is -0.619 e. The molecule has 2 heterocycles. The molecule has 0 saturated heterocycles. The van der Waals surface area contributed by atoms with E-state index in [1.165, 1.54) is 18.6 Å². The first kappa shape index (κ1) is 18.9. The number of nitrogens with one attached hydrogen (secondary N) is 1. The summed E-state index contributed by atoms with van der Waals surface area (Å²) in [5, 5.41) is 29.0. The number of fused-ring (bicyclic) bond motifs is 3. The van der Waals surface area contributed by atoms with E-state index in [0.29, 0.717) is 22.2 Å². The van der Waals surface area contributed by atoms with Crippen LogP contribution in [0.3, 0.4) is 0 Å². The zero-order valence-electron chi connectivity index (χ0n) is 16.8. The van der Waals surface area contributed by atoms with Gasteiger partial charge in [-0.1, -0.05) is 27.7 Å². The van der Waals surface area contributed by atoms with E-state index >= 15 is 0 Å². The van der Waals surface area contributed by atoms with Gasteiger partial charge in [0.2, 0.25) is 12.0 Å². The second-order valence-electron chi connectivity index (χ2n) is 9.38. The van der Waals surface area contributed by atoms with E-state index in [-0.39, 0.29) is 29.4 Å². The normalized spacial score (nSPS) is 24.2. The maximum atomic E-state index is 13.1. The fourth-order valence-electron chi connectivity index (χ4n) is 4.18. The maximum absolute atomic E-state index is 13.1. The Balaban J connectivity index is 1.76. The number of nitrogens with zero attached hydrogens (tertiary/aromatic N) is 4. The largest absolute Gasteiger partial charge is 0.619 e. The van der Waals surface area contributed by atoms with Gasteiger partial charge >= 0.3 is 0 Å². The van der Waals surface area contributed by atoms with Crippen molar-refractivity contribution in [3.8, 4) is 5.82 Å². The molecule has 0 radical (unpaired) electrons. The first-order chi connectivity index (χ1) is 13.1. The van der Waals surface area contributed by atoms with Gasteiger partial charge in [-0.25, -0.2) is 9.67 Å². The monoisotopic (exact) mass is 385 g/mol. The number of carbonyl (C=O) groups excluding carboxylic acids is 1. The Kier molecular flexibility index (Phi) is 4.22. The predicted octanol–water partition coefficient (Wildman–Crippen LogP) is 1.48. The van der Waals surface area contributed by atoms with E-state index < -0.39 is 0 Å². The second-order valence-corrected chi connectivity index (χ2v) is 9.38. The molecule has 150 valence electrons. The smallest absolute Gasteiger partial charge is 0.272 e. The summed E-state index contributed by atoms with van der Waals surface area (Å²) in [7, 11) is 0. The molecule has 0 unspecified atom stereocenters. The molecule has 1 amide bonds. The van der Waals surface area contributed by atoms with Gasteiger partial charge in [0.15, 0.2) is 11.9 Å². The lowest BCUT2D eigenvalue weighted by molar-refractivity contribution is -0.605. The molecule has 2 aliphatic rings. The van der Waals surface area contributed by atoms with Crippen LogP contribution in [0.25, 0.3) is 5.82 Å². The zero-order valence-corrected chi connectivity index (χ0v) is 16.8. The van der Waals surface area contributed by atoms with Gasteiger partial charge in [0, 0.05) is 11.5 Å². The lowest BCUT2D eigenvalue weighted by Crippen LogP contribution is -2.46. The van der Waals surface area contributed by atoms with Crippen molar-refractivity contribution in [1.29, 1.82) is 0 Å². The van der Waals surface area contributed by atoms with Crippen molar-refractivity contribution in [1.82, 2.24) is 20.1 Å². The Morgan fingerprint density at radius 3 is 2.93 bits per heavy atom. The van der Waals surface area contributed by atoms with Crippen molar-refractivity contribution in [3.05, 3.63) is 40.7 Å². The molecular formula is C20H27N5O3. The molecule has 0 aromatic carbocycles. The summed E-state index contributed by atoms with van der Waals surface area (Å²) in [6, 6.07) is -0.380. The molecule has 2 aromatic heterocycles. The number of amides is 1. The van der Waals surface area contributed by atoms with E-state index in [2.05, 4.69) is 22.3 Å². The first-order valence-corrected chi connectivity index (χ1v) is 9.73. The van der Waals surface area contributed by atoms with Crippen LogP contribution in [0.2, 0.25) is 0 Å². The highest BCUT2D eigenvalue weighted by molar-refractivity contribution is 5.94. The quantitative estimate of drug-likeness (QED) is 0.612. The molecule has 28 heavy (non-hydrogen) atoms. The molecule has 8 heteroatoms. The fraction of sp³-hybridized carbons (Fsp3) is 0.600. The molecule has 3 atom stereocenters. The number of aromatic nitrogens is 4. The summed E-state index contributed by atoms with van der Waals surface area (Å²) in [4.78, 5) is 17.3. The molecule has 2 aromatic rings. The summed E-state index contributed by atoms with van der Waals surface area (Å²) in [6.07, 6.45) is 6.97. The molecular weight excluding hydrogens is 358 g/mol. The fourth-order valence-corrected chi connectivity index (χ4v) is 4.18. The van der Waals surface area contributed by atoms with Crippen LogP contribution in [0, 0.1) is 16.0 Å². The minimum absolute atomic E-state index is 0.144. The van der Waals surface area contributed by atoms with Gasteiger partial charge in [-0.3, -0.25) is 4.79 Å². The van der Waals surface area contributed by atoms with Gasteiger partial charge in [-0.15, -0.1) is 0 Å². The van der Waals surface area contributed by atoms with Crippen LogP contribution in [0.1, 0.15) is 68.2 Å². The summed E-state index contributed by atoms with van der Waals surface area (Å²) in [6.45, 7) is 8.02. The van der Waals surface area contributed by atoms with Crippen LogP contribution in [-0.2, 0) is 6.42 Å². The highest BCUT2D eigenvalue weighted by Gasteiger charge is 2.56. The molecule has 2 aliphatic carbocycles. The van der Waals surface area contributed by atoms with Gasteiger partial charge in [-0.05, 0) is 30.1 Å². The lowest BCUT2D eigenvalue weighted by atomic mass is 9.86. The Morgan fingerprint density at radius 1 is 1.54 bits per heavy atom. The standard InChI is InChI=1S/C20H27N5O3/c1-19(2,3)14(11-26)22-18(27)16-12-5-6-20(4)9-13(20)17(12)25(23-16)15-10-24(28)8-7-21-15/h7-8,10,13-14,26H,5-6,9,11H2,1-4H3,(H,22,27)/t13-,14+,20-/m0/s1. The van der Waals surface area contributed by atoms with Gasteiger partial charge in [-0.2, -0.15) is 9.83 Å². The number of hydrogen-bond donors (Lipinski definition) is 2. The van der Waals surface area contributed by atoms with E-state index in [1.54, 1.807) is 4.68 Å². The Hall–Kier alpha value is -2.48. The molecule has 1 fully saturated rings. The molecule has 0 aliphatic heterocycles. The number of carbonyl (C=O) groups is 1. The average Bonchev–Trinajstić information content (AvgIpc) is 3.17. The number of aliphatic hydroxyl groups excluding tert-OH is 1. The molecule has 8 nitrogen and oxygen atoms in total. The molecule has 0 spiro atoms. The third-order valence-corrected chi connectivity index (χ3v) is 6.28. The van der Waals surface area contributed by atoms with Crippen molar-refractivity contribution >= 4 is 5.91 Å². The zero-order chi connectivity index (χ0) is 20.3. The van der Waals surface area contributed by atoms with Crippen LogP contribution in [0.15, 0.2) is 18.6 Å². The Morgan fingerprint density at radius 2 is 2.29 bits per heavy atom. The van der Waals surface area contributed by atoms with E-state index in [0.717, 1.165) is 30.5 Å². The van der Waals surface area contributed by atoms with Crippen molar-refractivity contribution < 1.29 is 14.6 Å². The van der Waals surface area contributed by atoms with Gasteiger partial charge in [0.1, 0.15) is 0 Å². The predicted molar refractivity (Wildman–Crippen MR) is 102 cm³/mol. The summed E-state index contributed by atoms with van der Waals surface area (Å²) >= 11 is 0. The summed E-state index contributed by atoms with van der Waals surface area (Å²) in [5.74, 6) is 0.446. The second kappa shape index (κ2) is 6.27. The van der Waals surface area contributed by atoms with Crippen molar-refractivity contribution in [2.75, 3.05) is 6.61 Å². The molecule has 0 bridgehead atoms. The van der Waals surface area contributed by atoms with Crippen molar-refractivity contribution in [2.24, 2.45) is 10.8 Å². The number of hydrogen-bond acceptors (Lipinski definition) is 5. The third-order valence-electron chi connectivity index (χ3n) is 6.28. The van der Waals surface area contributed by atoms with Gasteiger partial charge < -0.3 is 15.6 Å². The topological polar surface area (TPSA) is 107 Å². The van der Waals surface area contributed by atoms with Crippen molar-refractivity contribution in [3.63, 3.8) is 0 Å². The SMILES string of the molecule is CC(C)(C)[C@@H](CO)NC(=O)c1nn(-c2c[n+]([O-])ccn2)c2c1CC[C@@]1(C)C[C@@H]21. The van der Waals surface area contributed by atoms with Crippen LogP contribution < -0.4 is 10.0 Å². The summed E-state index contributed by atoms with van der Waals surface area (Å²) < 4.78 is 2.35. The summed E-state index contributed by atoms with van der Waals surface area (Å²) in [5.41, 5.74) is 2.26. The molecule has 2 N–H and O–H groups in total. The highest BCUT2D eigenvalue weighted by atomic mass is 16.5. The van der Waals surface area contributed by atoms with Crippen LogP contribution >= 0.6 is 0 Å². The van der Waals surface area contributed by atoms with E-state index in [1.807, 2.05) is 20.8 Å². The van der Waals surface area contributed by atoms with E-state index in [9.17, 15) is 15.1 Å². The van der Waals surface area contributed by atoms with E-state index in [4.69, 9.17) is 0 Å². The number of aliphatic hydroxyl groups is 1. The molecule has 4 rings (SSSR count). The number of rotatable bonds is 4. The minimum atomic E-state index is -0.380. The lowest BCUT2D eigenvalue weighted by Gasteiger charge is -2.29. The Bertz CT molecular complexity index is 932. The average molecular weight is 385 g/mol. The van der Waals surface area contributed by atoms with Gasteiger partial charge in [0.25, 0.3) is 5.91 Å². The van der Waals surface area contributed by atoms with Gasteiger partial charge in [0.05, 0.1) is 24.5 Å².